The van der Waals surface area contributed by atoms with Crippen molar-refractivity contribution in [1.29, 1.82) is 0 Å². The third-order valence-electron chi connectivity index (χ3n) is 8.61. The van der Waals surface area contributed by atoms with E-state index in [0.717, 1.165) is 78.4 Å². The number of aliphatic hydroxyl groups is 1. The van der Waals surface area contributed by atoms with E-state index in [1.54, 1.807) is 20.0 Å². The molecule has 0 bridgehead atoms. The van der Waals surface area contributed by atoms with Crippen LogP contribution in [0.3, 0.4) is 0 Å². The zero-order chi connectivity index (χ0) is 29.9. The number of nitrogens with zero attached hydrogens (tertiary/aromatic N) is 3. The number of carbonyl (C=O) groups is 1. The summed E-state index contributed by atoms with van der Waals surface area (Å²) >= 11 is 6.12. The van der Waals surface area contributed by atoms with Gasteiger partial charge in [0.15, 0.2) is 5.78 Å². The van der Waals surface area contributed by atoms with Crippen molar-refractivity contribution in [2.75, 3.05) is 26.3 Å². The van der Waals surface area contributed by atoms with Gasteiger partial charge >= 0.3 is 0 Å². The summed E-state index contributed by atoms with van der Waals surface area (Å²) < 4.78 is 6.16. The number of pyridine rings is 1. The molecule has 3 aromatic rings. The van der Waals surface area contributed by atoms with E-state index in [-0.39, 0.29) is 12.0 Å². The van der Waals surface area contributed by atoms with Crippen LogP contribution in [0.5, 0.6) is 5.75 Å². The molecule has 0 aliphatic carbocycles. The van der Waals surface area contributed by atoms with Gasteiger partial charge in [-0.25, -0.2) is 0 Å². The molecular formula is C35H42ClN3O3. The standard InChI is InChI=1S/C35H42ClN3O3/c1-5-24(2)34(40)32(20-25-10-13-27(36)14-11-25)39-19-18-38(23-39)17-7-9-28-29-8-6-16-37-31(29)22-42-33-15-12-26(21-30(28)33)35(3,4)41/h6,8-16,21,24,32,41H,5,7,17-20,22-23H2,1-4H3. The zero-order valence-corrected chi connectivity index (χ0v) is 25.9. The number of aromatic nitrogens is 1. The number of ketones is 1. The summed E-state index contributed by atoms with van der Waals surface area (Å²) in [7, 11) is 0. The minimum atomic E-state index is -0.960. The Kier molecular flexibility index (Phi) is 9.48. The molecule has 0 spiro atoms. The van der Waals surface area contributed by atoms with E-state index >= 15 is 0 Å². The fourth-order valence-electron chi connectivity index (χ4n) is 5.84. The maximum absolute atomic E-state index is 13.5. The summed E-state index contributed by atoms with van der Waals surface area (Å²) in [5.41, 5.74) is 5.05. The summed E-state index contributed by atoms with van der Waals surface area (Å²) in [4.78, 5) is 22.9. The third kappa shape index (κ3) is 6.95. The number of benzene rings is 2. The van der Waals surface area contributed by atoms with Crippen LogP contribution in [-0.2, 0) is 23.4 Å². The average molecular weight is 588 g/mol. The Labute approximate surface area is 255 Å². The summed E-state index contributed by atoms with van der Waals surface area (Å²) in [6.07, 6.45) is 6.46. The molecule has 1 aromatic heterocycles. The number of fused-ring (bicyclic) bond motifs is 2. The van der Waals surface area contributed by atoms with Crippen molar-refractivity contribution in [3.8, 4) is 5.75 Å². The van der Waals surface area contributed by atoms with Crippen molar-refractivity contribution in [1.82, 2.24) is 14.8 Å². The van der Waals surface area contributed by atoms with Crippen LogP contribution in [-0.4, -0.2) is 58.0 Å². The predicted molar refractivity (Wildman–Crippen MR) is 169 cm³/mol. The van der Waals surface area contributed by atoms with Gasteiger partial charge in [-0.2, -0.15) is 0 Å². The van der Waals surface area contributed by atoms with Crippen LogP contribution in [0.1, 0.15) is 68.5 Å². The van der Waals surface area contributed by atoms with E-state index in [2.05, 4.69) is 33.8 Å². The highest BCUT2D eigenvalue weighted by molar-refractivity contribution is 6.30. The third-order valence-corrected chi connectivity index (χ3v) is 8.86. The SMILES string of the molecule is CCC(C)C(=O)C(Cc1ccc(Cl)cc1)N1CCN(CCC=C2c3cc(C(C)(C)O)ccc3OCc3ncccc32)C1. The van der Waals surface area contributed by atoms with Crippen molar-refractivity contribution < 1.29 is 14.6 Å². The summed E-state index contributed by atoms with van der Waals surface area (Å²) in [5.74, 6) is 1.15. The topological polar surface area (TPSA) is 65.9 Å². The van der Waals surface area contributed by atoms with Crippen molar-refractivity contribution in [2.24, 2.45) is 5.92 Å². The molecular weight excluding hydrogens is 546 g/mol. The quantitative estimate of drug-likeness (QED) is 0.293. The highest BCUT2D eigenvalue weighted by Gasteiger charge is 2.33. The average Bonchev–Trinajstić information content (AvgIpc) is 3.39. The van der Waals surface area contributed by atoms with Crippen molar-refractivity contribution >= 4 is 23.0 Å². The molecule has 2 aromatic carbocycles. The van der Waals surface area contributed by atoms with Crippen LogP contribution in [0.4, 0.5) is 0 Å². The van der Waals surface area contributed by atoms with Gasteiger partial charge in [0.2, 0.25) is 0 Å². The van der Waals surface area contributed by atoms with E-state index in [4.69, 9.17) is 16.3 Å². The minimum absolute atomic E-state index is 0.0288. The van der Waals surface area contributed by atoms with E-state index in [1.807, 2.05) is 55.5 Å². The lowest BCUT2D eigenvalue weighted by atomic mass is 9.90. The van der Waals surface area contributed by atoms with Gasteiger partial charge in [-0.3, -0.25) is 19.6 Å². The van der Waals surface area contributed by atoms with Gasteiger partial charge in [-0.05, 0) is 80.1 Å². The highest BCUT2D eigenvalue weighted by Crippen LogP contribution is 2.38. The first kappa shape index (κ1) is 30.4. The number of ether oxygens (including phenoxy) is 1. The van der Waals surface area contributed by atoms with E-state index < -0.39 is 5.60 Å². The van der Waals surface area contributed by atoms with Crippen molar-refractivity contribution in [3.63, 3.8) is 0 Å². The number of hydrogen-bond acceptors (Lipinski definition) is 6. The van der Waals surface area contributed by atoms with Gasteiger partial charge < -0.3 is 9.84 Å². The Morgan fingerprint density at radius 3 is 2.67 bits per heavy atom. The van der Waals surface area contributed by atoms with Crippen LogP contribution in [0.25, 0.3) is 5.57 Å². The Balaban J connectivity index is 1.34. The first-order valence-corrected chi connectivity index (χ1v) is 15.4. The van der Waals surface area contributed by atoms with Gasteiger partial charge in [-0.15, -0.1) is 0 Å². The zero-order valence-electron chi connectivity index (χ0n) is 25.1. The predicted octanol–water partition coefficient (Wildman–Crippen LogP) is 6.48. The largest absolute Gasteiger partial charge is 0.487 e. The molecule has 2 unspecified atom stereocenters. The first-order chi connectivity index (χ1) is 20.1. The summed E-state index contributed by atoms with van der Waals surface area (Å²) in [5, 5.41) is 11.4. The molecule has 5 rings (SSSR count). The fraction of sp³-hybridized carbons (Fsp3) is 0.429. The van der Waals surface area contributed by atoms with Crippen LogP contribution < -0.4 is 4.74 Å². The van der Waals surface area contributed by atoms with E-state index in [9.17, 15) is 9.90 Å². The monoisotopic (exact) mass is 587 g/mol. The molecule has 7 heteroatoms. The lowest BCUT2D eigenvalue weighted by Crippen LogP contribution is -2.44. The molecule has 42 heavy (non-hydrogen) atoms. The summed E-state index contributed by atoms with van der Waals surface area (Å²) in [6.45, 7) is 11.6. The molecule has 222 valence electrons. The molecule has 2 aliphatic heterocycles. The normalized spacial score (nSPS) is 18.2. The Morgan fingerprint density at radius 1 is 1.14 bits per heavy atom. The maximum atomic E-state index is 13.5. The first-order valence-electron chi connectivity index (χ1n) is 15.0. The molecule has 3 heterocycles. The molecule has 1 fully saturated rings. The molecule has 0 amide bonds. The van der Waals surface area contributed by atoms with Crippen LogP contribution in [0.2, 0.25) is 5.02 Å². The van der Waals surface area contributed by atoms with Gasteiger partial charge in [0.25, 0.3) is 0 Å². The molecule has 0 radical (unpaired) electrons. The van der Waals surface area contributed by atoms with Gasteiger partial charge in [0, 0.05) is 47.9 Å². The number of carbonyl (C=O) groups excluding carboxylic acids is 1. The number of Topliss-reactive ketones (excluding diaryl/α,β-unsaturated/α-hetero) is 1. The van der Waals surface area contributed by atoms with Gasteiger partial charge in [0.05, 0.1) is 24.0 Å². The molecule has 6 nitrogen and oxygen atoms in total. The fourth-order valence-corrected chi connectivity index (χ4v) is 5.96. The Hall–Kier alpha value is -3.03. The Bertz CT molecular complexity index is 1430. The molecule has 0 saturated carbocycles. The number of halogens is 1. The van der Waals surface area contributed by atoms with Crippen molar-refractivity contribution in [3.05, 3.63) is 99.8 Å². The lowest BCUT2D eigenvalue weighted by molar-refractivity contribution is -0.127. The molecule has 1 saturated heterocycles. The van der Waals surface area contributed by atoms with Crippen LogP contribution in [0, 0.1) is 5.92 Å². The van der Waals surface area contributed by atoms with Crippen LogP contribution in [0.15, 0.2) is 66.9 Å². The second kappa shape index (κ2) is 13.1. The minimum Gasteiger partial charge on any atom is -0.487 e. The number of hydrogen-bond donors (Lipinski definition) is 1. The smallest absolute Gasteiger partial charge is 0.153 e. The molecule has 1 N–H and O–H groups in total. The lowest BCUT2D eigenvalue weighted by Gasteiger charge is -2.29. The summed E-state index contributed by atoms with van der Waals surface area (Å²) in [6, 6.07) is 17.7. The van der Waals surface area contributed by atoms with E-state index in [1.165, 1.54) is 0 Å². The Morgan fingerprint density at radius 2 is 1.93 bits per heavy atom. The van der Waals surface area contributed by atoms with Gasteiger partial charge in [0.1, 0.15) is 12.4 Å². The van der Waals surface area contributed by atoms with Crippen LogP contribution >= 0.6 is 11.6 Å². The van der Waals surface area contributed by atoms with E-state index in [0.29, 0.717) is 23.8 Å². The van der Waals surface area contributed by atoms with Gasteiger partial charge in [-0.1, -0.05) is 55.8 Å². The maximum Gasteiger partial charge on any atom is 0.153 e. The van der Waals surface area contributed by atoms with Crippen molar-refractivity contribution in [2.45, 2.75) is 65.2 Å². The molecule has 2 aliphatic rings. The second-order valence-electron chi connectivity index (χ2n) is 12.1. The highest BCUT2D eigenvalue weighted by atomic mass is 35.5. The number of rotatable bonds is 10. The molecule has 2 atom stereocenters. The second-order valence-corrected chi connectivity index (χ2v) is 12.5.